The van der Waals surface area contributed by atoms with Crippen molar-refractivity contribution in [1.29, 1.82) is 0 Å². The molecular weight excluding hydrogens is 829 g/mol. The Bertz CT molecular complexity index is 2670. The van der Waals surface area contributed by atoms with Crippen LogP contribution in [0.1, 0.15) is 94.4 Å². The summed E-state index contributed by atoms with van der Waals surface area (Å²) in [5, 5.41) is 0. The summed E-state index contributed by atoms with van der Waals surface area (Å²) in [7, 11) is 0. The first-order valence-corrected chi connectivity index (χ1v) is 23.7. The minimum Gasteiger partial charge on any atom is -0.488 e. The third-order valence-corrected chi connectivity index (χ3v) is 13.3. The van der Waals surface area contributed by atoms with Gasteiger partial charge in [0.05, 0.1) is 12.7 Å². The van der Waals surface area contributed by atoms with E-state index in [1.54, 1.807) is 6.08 Å². The highest BCUT2D eigenvalue weighted by molar-refractivity contribution is 6.11. The fourth-order valence-corrected chi connectivity index (χ4v) is 9.41. The normalized spacial score (nSPS) is 18.1. The highest BCUT2D eigenvalue weighted by Gasteiger charge is 2.43. The van der Waals surface area contributed by atoms with Gasteiger partial charge in [-0.25, -0.2) is 0 Å². The summed E-state index contributed by atoms with van der Waals surface area (Å²) < 4.78 is 33.5. The Morgan fingerprint density at radius 3 is 1.51 bits per heavy atom. The van der Waals surface area contributed by atoms with Crippen LogP contribution in [-0.2, 0) is 37.8 Å². The zero-order valence-electron chi connectivity index (χ0n) is 39.2. The van der Waals surface area contributed by atoms with E-state index in [0.29, 0.717) is 60.2 Å². The molecule has 0 bridgehead atoms. The molecule has 0 aromatic heterocycles. The Balaban J connectivity index is 1.20. The molecule has 1 aliphatic rings. The van der Waals surface area contributed by atoms with Crippen LogP contribution in [0.15, 0.2) is 182 Å². The fourth-order valence-electron chi connectivity index (χ4n) is 9.41. The summed E-state index contributed by atoms with van der Waals surface area (Å²) in [5.74, 6) is 3.11. The van der Waals surface area contributed by atoms with Gasteiger partial charge in [-0.05, 0) is 94.3 Å². The smallest absolute Gasteiger partial charge is 0.193 e. The van der Waals surface area contributed by atoms with Crippen LogP contribution in [0.4, 0.5) is 0 Å². The topological polar surface area (TPSA) is 63.2 Å². The van der Waals surface area contributed by atoms with Gasteiger partial charge in [0.25, 0.3) is 0 Å². The van der Waals surface area contributed by atoms with Gasteiger partial charge in [-0.3, -0.25) is 4.79 Å². The molecule has 6 heteroatoms. The quantitative estimate of drug-likeness (QED) is 0.0561. The Morgan fingerprint density at radius 2 is 1.00 bits per heavy atom. The van der Waals surface area contributed by atoms with E-state index in [1.807, 2.05) is 146 Å². The van der Waals surface area contributed by atoms with Crippen LogP contribution in [0.5, 0.6) is 23.0 Å². The molecule has 1 aliphatic carbocycles. The third kappa shape index (κ3) is 12.1. The first-order chi connectivity index (χ1) is 32.8. The molecule has 0 saturated heterocycles. The fraction of sp³-hybridized carbons (Fsp3) is 0.262. The molecule has 5 atom stereocenters. The van der Waals surface area contributed by atoms with E-state index in [4.69, 9.17) is 23.7 Å². The summed E-state index contributed by atoms with van der Waals surface area (Å²) in [6, 6.07) is 58.5. The summed E-state index contributed by atoms with van der Waals surface area (Å²) in [5.41, 5.74) is 8.41. The summed E-state index contributed by atoms with van der Waals surface area (Å²) in [6.45, 7) is 10.9. The second-order valence-corrected chi connectivity index (χ2v) is 17.8. The Morgan fingerprint density at radius 1 is 0.537 bits per heavy atom. The van der Waals surface area contributed by atoms with Crippen LogP contribution in [0.25, 0.3) is 6.08 Å². The molecule has 6 nitrogen and oxygen atoms in total. The molecule has 67 heavy (non-hydrogen) atoms. The predicted molar refractivity (Wildman–Crippen MR) is 269 cm³/mol. The van der Waals surface area contributed by atoms with Crippen LogP contribution in [-0.4, -0.2) is 11.9 Å². The molecule has 0 spiro atoms. The predicted octanol–water partition coefficient (Wildman–Crippen LogP) is 14.6. The minimum atomic E-state index is -0.227. The van der Waals surface area contributed by atoms with Gasteiger partial charge < -0.3 is 23.7 Å². The first-order valence-electron chi connectivity index (χ1n) is 23.7. The number of ketones is 1. The summed E-state index contributed by atoms with van der Waals surface area (Å²) in [4.78, 5) is 15.2. The number of benzene rings is 7. The van der Waals surface area contributed by atoms with Crippen molar-refractivity contribution >= 4 is 11.9 Å². The highest BCUT2D eigenvalue weighted by atomic mass is 16.5. The molecule has 0 heterocycles. The molecule has 0 aliphatic heterocycles. The monoisotopic (exact) mass is 890 g/mol. The number of hydrogen-bond acceptors (Lipinski definition) is 6. The van der Waals surface area contributed by atoms with Crippen LogP contribution in [0.2, 0.25) is 0 Å². The number of carbonyl (C=O) groups is 1. The molecule has 7 aromatic rings. The standard InChI is InChI=1S/C61H62O6/c1-5-52-37-53(60(45(4)44(52)3)66-41-50-27-17-9-18-28-50)58-43(2)35-57(65-40-49-25-15-8-16-26-49)59(61(58)67-42-51-29-19-10-20-30-51)54(62)33-31-46-32-34-55(63-38-47-21-11-6-12-22-47)56(36-46)64-39-48-23-13-7-14-24-48/h6-36,44-45,52-53,60H,5,37-42H2,1-4H3/b33-31+. The van der Waals surface area contributed by atoms with Gasteiger partial charge >= 0.3 is 0 Å². The average molecular weight is 891 g/mol. The zero-order valence-corrected chi connectivity index (χ0v) is 39.2. The van der Waals surface area contributed by atoms with E-state index in [1.165, 1.54) is 0 Å². The summed E-state index contributed by atoms with van der Waals surface area (Å²) in [6.07, 6.45) is 5.30. The van der Waals surface area contributed by atoms with Gasteiger partial charge in [-0.2, -0.15) is 0 Å². The van der Waals surface area contributed by atoms with Crippen molar-refractivity contribution in [2.45, 2.75) is 85.6 Å². The lowest BCUT2D eigenvalue weighted by Gasteiger charge is -2.45. The van der Waals surface area contributed by atoms with Gasteiger partial charge in [-0.1, -0.05) is 191 Å². The molecule has 1 saturated carbocycles. The SMILES string of the molecule is CCC1CC(c2c(C)cc(OCc3ccccc3)c(C(=O)/C=C/c3ccc(OCc4ccccc4)c(OCc4ccccc4)c3)c2OCc2ccccc2)C(OCc2ccccc2)C(C)C1C. The molecule has 1 fully saturated rings. The van der Waals surface area contributed by atoms with Crippen LogP contribution in [0, 0.1) is 24.7 Å². The number of aryl methyl sites for hydroxylation is 1. The minimum absolute atomic E-state index is 0.0444. The number of ether oxygens (including phenoxy) is 5. The first kappa shape index (κ1) is 46.6. The second kappa shape index (κ2) is 23.0. The van der Waals surface area contributed by atoms with Crippen LogP contribution >= 0.6 is 0 Å². The third-order valence-electron chi connectivity index (χ3n) is 13.3. The largest absolute Gasteiger partial charge is 0.488 e. The van der Waals surface area contributed by atoms with Crippen molar-refractivity contribution in [1.82, 2.24) is 0 Å². The number of hydrogen-bond donors (Lipinski definition) is 0. The maximum absolute atomic E-state index is 15.2. The molecule has 5 unspecified atom stereocenters. The zero-order chi connectivity index (χ0) is 46.4. The highest BCUT2D eigenvalue weighted by Crippen LogP contribution is 2.51. The lowest BCUT2D eigenvalue weighted by atomic mass is 9.64. The van der Waals surface area contributed by atoms with Gasteiger partial charge in [0.15, 0.2) is 17.3 Å². The molecule has 342 valence electrons. The van der Waals surface area contributed by atoms with Gasteiger partial charge in [0.2, 0.25) is 0 Å². The van der Waals surface area contributed by atoms with Crippen LogP contribution < -0.4 is 18.9 Å². The van der Waals surface area contributed by atoms with E-state index < -0.39 is 0 Å². The number of allylic oxidation sites excluding steroid dienone is 1. The summed E-state index contributed by atoms with van der Waals surface area (Å²) >= 11 is 0. The molecule has 7 aromatic carbocycles. The van der Waals surface area contributed by atoms with E-state index >= 15 is 4.79 Å². The molecule has 0 radical (unpaired) electrons. The van der Waals surface area contributed by atoms with Gasteiger partial charge in [-0.15, -0.1) is 0 Å². The Labute approximate surface area is 397 Å². The maximum Gasteiger partial charge on any atom is 0.193 e. The van der Waals surface area contributed by atoms with E-state index in [-0.39, 0.29) is 36.9 Å². The van der Waals surface area contributed by atoms with E-state index in [9.17, 15) is 0 Å². The van der Waals surface area contributed by atoms with E-state index in [2.05, 4.69) is 64.1 Å². The lowest BCUT2D eigenvalue weighted by molar-refractivity contribution is -0.0654. The van der Waals surface area contributed by atoms with Gasteiger partial charge in [0.1, 0.15) is 43.5 Å². The van der Waals surface area contributed by atoms with Crippen molar-refractivity contribution in [2.24, 2.45) is 17.8 Å². The molecule has 8 rings (SSSR count). The Kier molecular flexibility index (Phi) is 16.0. The molecule has 0 amide bonds. The molecular formula is C61H62O6. The van der Waals surface area contributed by atoms with Crippen molar-refractivity contribution in [2.75, 3.05) is 0 Å². The number of carbonyl (C=O) groups excluding carboxylic acids is 1. The van der Waals surface area contributed by atoms with E-state index in [0.717, 1.165) is 57.3 Å². The maximum atomic E-state index is 15.2. The lowest BCUT2D eigenvalue weighted by Crippen LogP contribution is -2.42. The second-order valence-electron chi connectivity index (χ2n) is 17.8. The van der Waals surface area contributed by atoms with Crippen molar-refractivity contribution in [3.8, 4) is 23.0 Å². The molecule has 0 N–H and O–H groups in total. The van der Waals surface area contributed by atoms with Crippen molar-refractivity contribution in [3.05, 3.63) is 232 Å². The Hall–Kier alpha value is -6.89. The number of rotatable bonds is 20. The van der Waals surface area contributed by atoms with Crippen molar-refractivity contribution < 1.29 is 28.5 Å². The van der Waals surface area contributed by atoms with Gasteiger partial charge in [0, 0.05) is 11.5 Å². The van der Waals surface area contributed by atoms with Crippen LogP contribution in [0.3, 0.4) is 0 Å². The average Bonchev–Trinajstić information content (AvgIpc) is 3.37. The van der Waals surface area contributed by atoms with Crippen molar-refractivity contribution in [3.63, 3.8) is 0 Å².